The molecular formula is C92H163F2LiN12O21S. The maximum absolute atomic E-state index is 13.1. The van der Waals surface area contributed by atoms with Crippen LogP contribution in [0.25, 0.3) is 0 Å². The number of carbonyl (C=O) groups excluding carboxylic acids is 10. The van der Waals surface area contributed by atoms with Crippen LogP contribution in [0.5, 0.6) is 5.75 Å². The number of aliphatic carboxylic acids is 2. The molecule has 12 atom stereocenters. The number of carbonyl (C=O) groups is 12. The van der Waals surface area contributed by atoms with Crippen LogP contribution in [-0.2, 0) is 88.2 Å². The number of nitrogens with one attached hydrogen (secondary N) is 2. The summed E-state index contributed by atoms with van der Waals surface area (Å²) in [4.78, 5) is 155. The zero-order valence-corrected chi connectivity index (χ0v) is 82.2. The molecule has 7 rings (SSSR count). The van der Waals surface area contributed by atoms with Crippen LogP contribution in [-0.4, -0.2) is 249 Å². The van der Waals surface area contributed by atoms with Crippen molar-refractivity contribution in [3.05, 3.63) is 22.3 Å². The molecule has 0 unspecified atom stereocenters. The van der Waals surface area contributed by atoms with E-state index in [1.165, 1.54) is 26.2 Å². The second-order valence-corrected chi connectivity index (χ2v) is 37.4. The minimum absolute atomic E-state index is 0. The van der Waals surface area contributed by atoms with E-state index < -0.39 is 70.9 Å². The molecule has 0 bridgehead atoms. The van der Waals surface area contributed by atoms with Crippen LogP contribution in [0.15, 0.2) is 14.9 Å². The van der Waals surface area contributed by atoms with Crippen LogP contribution in [0, 0.1) is 85.9 Å². The number of methoxy groups -OCH3 is 3. The number of fused-ring (bicyclic) bond motifs is 1. The van der Waals surface area contributed by atoms with Gasteiger partial charge in [-0.25, -0.2) is 36.3 Å². The maximum Gasteiger partial charge on any atom is 1.00 e. The Morgan fingerprint density at radius 3 is 1.33 bits per heavy atom. The van der Waals surface area contributed by atoms with Gasteiger partial charge in [0.15, 0.2) is 23.3 Å². The van der Waals surface area contributed by atoms with Crippen molar-refractivity contribution >= 4 is 92.8 Å². The average Bonchev–Trinajstić information content (AvgIpc) is 1.38. The van der Waals surface area contributed by atoms with E-state index in [0.717, 1.165) is 113 Å². The first-order chi connectivity index (χ1) is 59.0. The molecule has 1 aromatic rings. The molecule has 6 heterocycles. The van der Waals surface area contributed by atoms with Crippen LogP contribution >= 0.6 is 0 Å². The van der Waals surface area contributed by atoms with Crippen molar-refractivity contribution in [2.24, 2.45) is 98.0 Å². The molecule has 6 aliphatic rings. The van der Waals surface area contributed by atoms with Crippen molar-refractivity contribution in [2.45, 2.75) is 327 Å². The van der Waals surface area contributed by atoms with Crippen LogP contribution < -0.4 is 56.6 Å². The predicted octanol–water partition coefficient (Wildman–Crippen LogP) is 7.93. The minimum Gasteiger partial charge on any atom is -0.870 e. The van der Waals surface area contributed by atoms with Gasteiger partial charge >= 0.3 is 48.7 Å². The minimum atomic E-state index is -3.97. The van der Waals surface area contributed by atoms with Gasteiger partial charge in [0, 0.05) is 75.3 Å². The van der Waals surface area contributed by atoms with Gasteiger partial charge in [0.25, 0.3) is 10.0 Å². The number of hydrogen-bond donors (Lipinski definition) is 8. The number of carboxylic acid groups (broad SMARTS) is 2. The van der Waals surface area contributed by atoms with Gasteiger partial charge in [-0.15, -0.1) is 0 Å². The van der Waals surface area contributed by atoms with Crippen LogP contribution in [0.1, 0.15) is 276 Å². The first kappa shape index (κ1) is 125. The molecule has 6 aliphatic heterocycles. The summed E-state index contributed by atoms with van der Waals surface area (Å²) < 4.78 is 74.0. The van der Waals surface area contributed by atoms with Crippen molar-refractivity contribution in [3.63, 3.8) is 0 Å². The third-order valence-electron chi connectivity index (χ3n) is 24.6. The fourth-order valence-electron chi connectivity index (χ4n) is 16.6. The summed E-state index contributed by atoms with van der Waals surface area (Å²) >= 11 is 0. The first-order valence-electron chi connectivity index (χ1n) is 45.3. The topological polar surface area (TPSA) is 512 Å². The van der Waals surface area contributed by atoms with Gasteiger partial charge in [-0.05, 0) is 221 Å². The molecule has 0 spiro atoms. The molecule has 4 amide bonds. The van der Waals surface area contributed by atoms with E-state index in [0.29, 0.717) is 87.8 Å². The van der Waals surface area contributed by atoms with Gasteiger partial charge in [0.05, 0.1) is 44.2 Å². The SMILES string of the molecule is C.CC(C)[C@H](C)C(=O)N1CCC[C@H]1C(=O)O.CC[C@H](C(=O)N1CCC[C@H]1C(=O)C[C@@H](CCCN=C(N)N)C(=O)CF)C(C)C.CC[C@H](C(=O)N1CCC[C@H]1C(=O)OC)C(C)C.CC[C@H](C(=O)N1CCC[C@H]1C(=O)OC)C(C)C.CC[C@H](C(=O)O)C(C)C.COC(=O)[C@@H]1CCCN1.Cc1c(C)c(S(=O)(=O)NC(N)=NCCC[C@H](N)C(=O)CF)c(C)c2c1OC(C)(C)CC2.[Li+].[OH-]. The molecule has 738 valence electrons. The number of guanidine groups is 2. The van der Waals surface area contributed by atoms with E-state index in [9.17, 15) is 74.7 Å². The summed E-state index contributed by atoms with van der Waals surface area (Å²) in [6.07, 6.45) is 14.0. The number of rotatable bonds is 35. The van der Waals surface area contributed by atoms with Gasteiger partial charge in [0.1, 0.15) is 48.9 Å². The van der Waals surface area contributed by atoms with Gasteiger partial charge in [0.2, 0.25) is 29.6 Å². The second kappa shape index (κ2) is 62.5. The Balaban J connectivity index is -0.00000149. The van der Waals surface area contributed by atoms with Gasteiger partial charge in [-0.2, -0.15) is 0 Å². The van der Waals surface area contributed by atoms with Gasteiger partial charge < -0.3 is 82.5 Å². The van der Waals surface area contributed by atoms with E-state index in [2.05, 4.69) is 52.5 Å². The fourth-order valence-corrected chi connectivity index (χ4v) is 18.1. The fraction of sp³-hybridized carbons (Fsp3) is 0.783. The van der Waals surface area contributed by atoms with Gasteiger partial charge in [-0.1, -0.05) is 111 Å². The van der Waals surface area contributed by atoms with E-state index in [4.69, 9.17) is 47.4 Å². The first-order valence-corrected chi connectivity index (χ1v) is 46.7. The number of esters is 3. The predicted molar refractivity (Wildman–Crippen MR) is 491 cm³/mol. The molecule has 0 aliphatic carbocycles. The molecule has 33 nitrogen and oxygen atoms in total. The maximum atomic E-state index is 13.1. The Bertz CT molecular complexity index is 3800. The molecule has 1 aromatic carbocycles. The summed E-state index contributed by atoms with van der Waals surface area (Å²) in [5.41, 5.74) is 24.5. The van der Waals surface area contributed by atoms with E-state index in [-0.39, 0.29) is 186 Å². The Kier molecular flexibility index (Phi) is 60.7. The Hall–Kier alpha value is -7.91. The Labute approximate surface area is 780 Å². The van der Waals surface area contributed by atoms with Crippen molar-refractivity contribution < 1.29 is 128 Å². The number of aliphatic imine (C=N–C) groups is 2. The average molecular weight is 1850 g/mol. The second-order valence-electron chi connectivity index (χ2n) is 35.7. The number of halogens is 2. The summed E-state index contributed by atoms with van der Waals surface area (Å²) in [6, 6.07) is -2.75. The summed E-state index contributed by atoms with van der Waals surface area (Å²) in [7, 11) is 0.209. The summed E-state index contributed by atoms with van der Waals surface area (Å²) in [5, 5.41) is 20.5. The number of Topliss-reactive ketones (excluding diaryl/α,β-unsaturated/α-hetero) is 3. The van der Waals surface area contributed by atoms with Crippen LogP contribution in [0.2, 0.25) is 0 Å². The van der Waals surface area contributed by atoms with Gasteiger partial charge in [-0.3, -0.25) is 53.1 Å². The number of alkyl halides is 2. The monoisotopic (exact) mass is 1850 g/mol. The zero-order valence-electron chi connectivity index (χ0n) is 81.4. The van der Waals surface area contributed by atoms with E-state index in [1.54, 1.807) is 28.5 Å². The Morgan fingerprint density at radius 2 is 0.961 bits per heavy atom. The smallest absolute Gasteiger partial charge is 0.870 e. The molecular weight excluding hydrogens is 1690 g/mol. The number of benzene rings is 1. The third kappa shape index (κ3) is 39.8. The van der Waals surface area contributed by atoms with E-state index >= 15 is 0 Å². The molecule has 5 fully saturated rings. The Morgan fingerprint density at radius 1 is 0.558 bits per heavy atom. The van der Waals surface area contributed by atoms with Crippen molar-refractivity contribution in [1.29, 1.82) is 0 Å². The normalized spacial score (nSPS) is 19.3. The summed E-state index contributed by atoms with van der Waals surface area (Å²) in [6.45, 7) is 41.0. The number of ether oxygens (including phenoxy) is 4. The zero-order chi connectivity index (χ0) is 96.5. The number of nitrogens with zero attached hydrogens (tertiary/aromatic N) is 6. The quantitative estimate of drug-likeness (QED) is 0.00798. The summed E-state index contributed by atoms with van der Waals surface area (Å²) in [5.74, 6) is -2.69. The molecule has 0 aromatic heterocycles. The molecule has 0 radical (unpaired) electrons. The largest absolute Gasteiger partial charge is 1.00 e. The van der Waals surface area contributed by atoms with Crippen molar-refractivity contribution in [1.82, 2.24) is 29.6 Å². The third-order valence-corrected chi connectivity index (χ3v) is 26.3. The number of nitrogens with two attached hydrogens (primary N) is 4. The number of amides is 4. The van der Waals surface area contributed by atoms with E-state index in [1.807, 2.05) is 96.9 Å². The van der Waals surface area contributed by atoms with Crippen LogP contribution in [0.3, 0.4) is 0 Å². The van der Waals surface area contributed by atoms with Crippen LogP contribution in [0.4, 0.5) is 8.78 Å². The molecule has 13 N–H and O–H groups in total. The van der Waals surface area contributed by atoms with Crippen molar-refractivity contribution in [2.75, 3.05) is 80.5 Å². The molecule has 0 saturated carbocycles. The number of sulfonamides is 1. The molecule has 129 heavy (non-hydrogen) atoms. The molecule has 37 heteroatoms. The standard InChI is InChI=1S/C21H33FN4O4S.C20H35FN4O3.2C13H23NO3.C11H19NO3.C7H14O2.C6H11NO2.CH4.Li.H2O/c1-12-13(2)19(14(3)15-8-9-21(4,5)30-18(12)15)31(28,29)26-20(24)25-10-6-7-16(23)17(27)11-22;1-4-15(13(2)3)19(28)25-10-6-8-16(25)17(26)11-14(18(27)12-21)7-5-9-24-20(22)23;2*1-5-10(9(2)3)12(15)14-8-6-7-11(14)13(16)17-4;1-7(2)8(3)10(13)12-6-4-5-9(12)11(14)15;1-4-6(5(2)3)7(8)9;1-9-6(8)5-3-2-4-7-5;;;/h16H,6-11,23H2,1-5H3,(H3,24,25,26);13-16H,4-12H2,1-3H3,(H4,22,23,24);2*9-11H,5-8H2,1-4H3;7-9H,4-6H2,1-3H3,(H,14,15);5-6H,4H2,1-3H3,(H,8,9);5,7H,2-4H2,1H3;1H4;;1H2/q;;;;;;;;+1;/p-1/t16-;14-,15+,16+;2*10-,11-;8-,9-;6-;5-;;;/m0100000.../s1. The number of ketones is 3. The number of carboxylic acids is 2. The molecule has 5 saturated heterocycles. The van der Waals surface area contributed by atoms with Crippen molar-refractivity contribution in [3.8, 4) is 5.75 Å². The number of likely N-dealkylation sites (tertiary alicyclic amines) is 4. The number of hydrogen-bond acceptors (Lipinski definition) is 23.